The number of benzene rings is 1. The fourth-order valence-corrected chi connectivity index (χ4v) is 3.24. The van der Waals surface area contributed by atoms with Crippen LogP contribution in [0.25, 0.3) is 0 Å². The van der Waals surface area contributed by atoms with Crippen molar-refractivity contribution in [2.24, 2.45) is 0 Å². The van der Waals surface area contributed by atoms with E-state index in [0.717, 1.165) is 37.7 Å². The topological polar surface area (TPSA) is 83.5 Å². The minimum atomic E-state index is -0.372. The number of anilines is 4. The molecule has 1 aliphatic rings. The Bertz CT molecular complexity index is 974. The summed E-state index contributed by atoms with van der Waals surface area (Å²) in [5.74, 6) is 1.97. The Labute approximate surface area is 169 Å². The molecule has 0 amide bonds. The lowest BCUT2D eigenvalue weighted by atomic mass is 10.2. The van der Waals surface area contributed by atoms with Gasteiger partial charge in [-0.1, -0.05) is 12.1 Å². The number of piperazine rings is 1. The van der Waals surface area contributed by atoms with Crippen LogP contribution in [0.3, 0.4) is 0 Å². The molecule has 8 nitrogen and oxygen atoms in total. The number of hydrogen-bond acceptors (Lipinski definition) is 8. The lowest BCUT2D eigenvalue weighted by Gasteiger charge is -2.35. The van der Waals surface area contributed by atoms with E-state index in [1.165, 1.54) is 7.11 Å². The molecule has 2 aromatic heterocycles. The number of carbonyl (C=O) groups excluding carboxylic acids is 1. The molecule has 4 rings (SSSR count). The van der Waals surface area contributed by atoms with Crippen molar-refractivity contribution >= 4 is 29.2 Å². The molecule has 0 bridgehead atoms. The number of nitrogens with one attached hydrogen (secondary N) is 1. The molecule has 0 saturated carbocycles. The highest BCUT2D eigenvalue weighted by Gasteiger charge is 2.20. The van der Waals surface area contributed by atoms with Gasteiger partial charge in [0.1, 0.15) is 11.6 Å². The number of ether oxygens (including phenoxy) is 1. The van der Waals surface area contributed by atoms with Gasteiger partial charge in [-0.15, -0.1) is 0 Å². The highest BCUT2D eigenvalue weighted by molar-refractivity contribution is 5.90. The normalized spacial score (nSPS) is 13.8. The van der Waals surface area contributed by atoms with Gasteiger partial charge in [0.25, 0.3) is 0 Å². The number of pyridine rings is 1. The highest BCUT2D eigenvalue weighted by Crippen LogP contribution is 2.20. The third-order valence-electron chi connectivity index (χ3n) is 4.73. The summed E-state index contributed by atoms with van der Waals surface area (Å²) in [6.45, 7) is 3.36. The molecule has 1 aromatic carbocycles. The van der Waals surface area contributed by atoms with E-state index in [2.05, 4.69) is 30.1 Å². The predicted octanol–water partition coefficient (Wildman–Crippen LogP) is 2.73. The Morgan fingerprint density at radius 1 is 0.966 bits per heavy atom. The molecule has 0 unspecified atom stereocenters. The number of carbonyl (C=O) groups is 1. The summed E-state index contributed by atoms with van der Waals surface area (Å²) in [4.78, 5) is 29.6. The van der Waals surface area contributed by atoms with Crippen LogP contribution in [0.4, 0.5) is 23.3 Å². The fraction of sp³-hybridized carbons (Fsp3) is 0.238. The summed E-state index contributed by atoms with van der Waals surface area (Å²) in [7, 11) is 1.37. The Kier molecular flexibility index (Phi) is 5.51. The lowest BCUT2D eigenvalue weighted by Crippen LogP contribution is -2.47. The number of nitrogens with zero attached hydrogens (tertiary/aromatic N) is 5. The third kappa shape index (κ3) is 4.43. The minimum absolute atomic E-state index is 0.372. The van der Waals surface area contributed by atoms with Crippen LogP contribution in [0.5, 0.6) is 0 Å². The first-order chi connectivity index (χ1) is 14.2. The minimum Gasteiger partial charge on any atom is -0.465 e. The lowest BCUT2D eigenvalue weighted by molar-refractivity contribution is 0.0601. The van der Waals surface area contributed by atoms with E-state index < -0.39 is 0 Å². The zero-order valence-corrected chi connectivity index (χ0v) is 16.2. The number of aromatic nitrogens is 3. The molecule has 0 radical (unpaired) electrons. The van der Waals surface area contributed by atoms with Crippen LogP contribution in [0.1, 0.15) is 10.4 Å². The summed E-state index contributed by atoms with van der Waals surface area (Å²) in [5, 5.41) is 3.23. The first-order valence-corrected chi connectivity index (χ1v) is 9.42. The molecule has 148 valence electrons. The smallest absolute Gasteiger partial charge is 0.337 e. The van der Waals surface area contributed by atoms with Crippen LogP contribution < -0.4 is 15.1 Å². The second-order valence-electron chi connectivity index (χ2n) is 6.60. The van der Waals surface area contributed by atoms with Crippen molar-refractivity contribution in [3.05, 3.63) is 66.5 Å². The average molecular weight is 390 g/mol. The van der Waals surface area contributed by atoms with Crippen molar-refractivity contribution in [1.29, 1.82) is 0 Å². The molecule has 0 atom stereocenters. The predicted molar refractivity (Wildman–Crippen MR) is 112 cm³/mol. The summed E-state index contributed by atoms with van der Waals surface area (Å²) in [6, 6.07) is 14.9. The number of hydrogen-bond donors (Lipinski definition) is 1. The molecule has 3 heterocycles. The van der Waals surface area contributed by atoms with Gasteiger partial charge in [0.05, 0.1) is 12.7 Å². The maximum Gasteiger partial charge on any atom is 0.337 e. The van der Waals surface area contributed by atoms with E-state index in [-0.39, 0.29) is 5.97 Å². The quantitative estimate of drug-likeness (QED) is 0.666. The van der Waals surface area contributed by atoms with Crippen LogP contribution in [-0.2, 0) is 4.74 Å². The van der Waals surface area contributed by atoms with E-state index in [1.54, 1.807) is 30.5 Å². The van der Waals surface area contributed by atoms with Crippen LogP contribution >= 0.6 is 0 Å². The molecule has 8 heteroatoms. The summed E-state index contributed by atoms with van der Waals surface area (Å²) >= 11 is 0. The first-order valence-electron chi connectivity index (χ1n) is 9.42. The van der Waals surface area contributed by atoms with Gasteiger partial charge in [-0.2, -0.15) is 4.98 Å². The standard InChI is InChI=1S/C21H22N6O2/c1-29-20(28)16-5-4-6-17(15-16)24-18-8-10-23-21(25-18)27-13-11-26(12-14-27)19-7-2-3-9-22-19/h2-10,15H,11-14H2,1H3,(H,23,24,25). The molecule has 1 aliphatic heterocycles. The molecule has 1 saturated heterocycles. The van der Waals surface area contributed by atoms with Crippen LogP contribution in [0.15, 0.2) is 60.9 Å². The summed E-state index contributed by atoms with van der Waals surface area (Å²) in [5.41, 5.74) is 1.25. The van der Waals surface area contributed by atoms with Gasteiger partial charge in [-0.3, -0.25) is 0 Å². The van der Waals surface area contributed by atoms with E-state index in [9.17, 15) is 4.79 Å². The van der Waals surface area contributed by atoms with Crippen molar-refractivity contribution in [2.75, 3.05) is 48.4 Å². The Balaban J connectivity index is 1.42. The van der Waals surface area contributed by atoms with Crippen LogP contribution in [-0.4, -0.2) is 54.2 Å². The molecule has 0 spiro atoms. The van der Waals surface area contributed by atoms with E-state index in [1.807, 2.05) is 30.5 Å². The maximum absolute atomic E-state index is 11.7. The fourth-order valence-electron chi connectivity index (χ4n) is 3.24. The Morgan fingerprint density at radius 3 is 2.55 bits per heavy atom. The molecule has 1 N–H and O–H groups in total. The Hall–Kier alpha value is -3.68. The highest BCUT2D eigenvalue weighted by atomic mass is 16.5. The van der Waals surface area contributed by atoms with Crippen LogP contribution in [0, 0.1) is 0 Å². The third-order valence-corrected chi connectivity index (χ3v) is 4.73. The van der Waals surface area contributed by atoms with Gasteiger partial charge in [0.15, 0.2) is 0 Å². The van der Waals surface area contributed by atoms with E-state index in [0.29, 0.717) is 17.3 Å². The molecule has 0 aliphatic carbocycles. The van der Waals surface area contributed by atoms with Crippen molar-refractivity contribution in [1.82, 2.24) is 15.0 Å². The van der Waals surface area contributed by atoms with Gasteiger partial charge in [-0.05, 0) is 36.4 Å². The van der Waals surface area contributed by atoms with E-state index >= 15 is 0 Å². The maximum atomic E-state index is 11.7. The van der Waals surface area contributed by atoms with Crippen LogP contribution in [0.2, 0.25) is 0 Å². The molecule has 1 fully saturated rings. The van der Waals surface area contributed by atoms with Crippen molar-refractivity contribution in [3.8, 4) is 0 Å². The Morgan fingerprint density at radius 2 is 1.79 bits per heavy atom. The average Bonchev–Trinajstić information content (AvgIpc) is 2.79. The van der Waals surface area contributed by atoms with Crippen molar-refractivity contribution in [3.63, 3.8) is 0 Å². The number of methoxy groups -OCH3 is 1. The second-order valence-corrected chi connectivity index (χ2v) is 6.60. The van der Waals surface area contributed by atoms with Crippen molar-refractivity contribution < 1.29 is 9.53 Å². The number of rotatable bonds is 5. The van der Waals surface area contributed by atoms with Gasteiger partial charge >= 0.3 is 5.97 Å². The van der Waals surface area contributed by atoms with Gasteiger partial charge < -0.3 is 19.9 Å². The van der Waals surface area contributed by atoms with Gasteiger partial charge in [0.2, 0.25) is 5.95 Å². The molecular weight excluding hydrogens is 368 g/mol. The SMILES string of the molecule is COC(=O)c1cccc(Nc2ccnc(N3CCN(c4ccccn4)CC3)n2)c1. The summed E-state index contributed by atoms with van der Waals surface area (Å²) < 4.78 is 4.77. The zero-order chi connectivity index (χ0) is 20.1. The molecule has 3 aromatic rings. The van der Waals surface area contributed by atoms with Gasteiger partial charge in [0, 0.05) is 44.3 Å². The largest absolute Gasteiger partial charge is 0.465 e. The zero-order valence-electron chi connectivity index (χ0n) is 16.2. The number of esters is 1. The summed E-state index contributed by atoms with van der Waals surface area (Å²) in [6.07, 6.45) is 3.55. The van der Waals surface area contributed by atoms with Crippen molar-refractivity contribution in [2.45, 2.75) is 0 Å². The molecule has 29 heavy (non-hydrogen) atoms. The van der Waals surface area contributed by atoms with Gasteiger partial charge in [-0.25, -0.2) is 14.8 Å². The monoisotopic (exact) mass is 390 g/mol. The first kappa shape index (κ1) is 18.7. The van der Waals surface area contributed by atoms with E-state index in [4.69, 9.17) is 4.74 Å². The second kappa shape index (κ2) is 8.55. The molecular formula is C21H22N6O2.